The zero-order chi connectivity index (χ0) is 13.5. The molecule has 0 atom stereocenters. The first-order valence-electron chi connectivity index (χ1n) is 5.80. The van der Waals surface area contributed by atoms with Gasteiger partial charge < -0.3 is 10.6 Å². The third-order valence-electron chi connectivity index (χ3n) is 2.46. The molecule has 0 unspecified atom stereocenters. The summed E-state index contributed by atoms with van der Waals surface area (Å²) >= 11 is 0. The van der Waals surface area contributed by atoms with Gasteiger partial charge in [-0.2, -0.15) is 0 Å². The first-order chi connectivity index (χ1) is 8.54. The third kappa shape index (κ3) is 4.04. The number of benzene rings is 1. The van der Waals surface area contributed by atoms with E-state index in [1.54, 1.807) is 13.0 Å². The van der Waals surface area contributed by atoms with Crippen LogP contribution in [0.4, 0.5) is 11.4 Å². The molecule has 6 heteroatoms. The minimum absolute atomic E-state index is 0.00966. The predicted octanol–water partition coefficient (Wildman–Crippen LogP) is 1.84. The number of amides is 1. The van der Waals surface area contributed by atoms with E-state index >= 15 is 0 Å². The summed E-state index contributed by atoms with van der Waals surface area (Å²) in [4.78, 5) is 21.4. The fraction of sp³-hybridized carbons (Fsp3) is 0.417. The van der Waals surface area contributed by atoms with Crippen molar-refractivity contribution in [2.45, 2.75) is 20.3 Å². The molecule has 1 rings (SSSR count). The number of nitrogens with one attached hydrogen (secondary N) is 2. The molecule has 0 aliphatic heterocycles. The summed E-state index contributed by atoms with van der Waals surface area (Å²) < 4.78 is 0. The molecule has 0 radical (unpaired) electrons. The van der Waals surface area contributed by atoms with Crippen molar-refractivity contribution in [3.8, 4) is 0 Å². The maximum atomic E-state index is 11.2. The highest BCUT2D eigenvalue weighted by Gasteiger charge is 2.07. The van der Waals surface area contributed by atoms with Crippen molar-refractivity contribution in [1.82, 2.24) is 5.32 Å². The molecule has 0 fully saturated rings. The molecule has 6 nitrogen and oxygen atoms in total. The number of carbonyl (C=O) groups excluding carboxylic acids is 1. The van der Waals surface area contributed by atoms with E-state index < -0.39 is 4.92 Å². The van der Waals surface area contributed by atoms with Crippen molar-refractivity contribution in [1.29, 1.82) is 0 Å². The van der Waals surface area contributed by atoms with Crippen molar-refractivity contribution < 1.29 is 9.72 Å². The molecule has 98 valence electrons. The van der Waals surface area contributed by atoms with Crippen LogP contribution >= 0.6 is 0 Å². The third-order valence-corrected chi connectivity index (χ3v) is 2.46. The maximum Gasteiger partial charge on any atom is 0.269 e. The molecule has 1 aromatic rings. The Labute approximate surface area is 106 Å². The van der Waals surface area contributed by atoms with Crippen LogP contribution in [0.15, 0.2) is 18.2 Å². The SMILES string of the molecule is CCNC(=O)CCNc1ccc([N+](=O)[O-])cc1C. The summed E-state index contributed by atoms with van der Waals surface area (Å²) in [6.07, 6.45) is 0.379. The second kappa shape index (κ2) is 6.58. The molecule has 0 aromatic heterocycles. The molecular weight excluding hydrogens is 234 g/mol. The Bertz CT molecular complexity index is 446. The number of non-ortho nitro benzene ring substituents is 1. The number of nitro groups is 1. The van der Waals surface area contributed by atoms with Gasteiger partial charge in [0.15, 0.2) is 0 Å². The van der Waals surface area contributed by atoms with Crippen LogP contribution < -0.4 is 10.6 Å². The molecule has 0 spiro atoms. The lowest BCUT2D eigenvalue weighted by Gasteiger charge is -2.09. The number of anilines is 1. The van der Waals surface area contributed by atoms with Crippen LogP contribution in [0.2, 0.25) is 0 Å². The van der Waals surface area contributed by atoms with Crippen molar-refractivity contribution >= 4 is 17.3 Å². The van der Waals surface area contributed by atoms with Gasteiger partial charge in [0.2, 0.25) is 5.91 Å². The highest BCUT2D eigenvalue weighted by Crippen LogP contribution is 2.20. The number of nitro benzene ring substituents is 1. The standard InChI is InChI=1S/C12H17N3O3/c1-3-13-12(16)6-7-14-11-5-4-10(15(17)18)8-9(11)2/h4-5,8,14H,3,6-7H2,1-2H3,(H,13,16). The van der Waals surface area contributed by atoms with E-state index in [4.69, 9.17) is 0 Å². The fourth-order valence-electron chi connectivity index (χ4n) is 1.56. The molecule has 0 heterocycles. The Kier molecular flexibility index (Phi) is 5.10. The summed E-state index contributed by atoms with van der Waals surface area (Å²) in [7, 11) is 0. The molecule has 18 heavy (non-hydrogen) atoms. The average molecular weight is 251 g/mol. The number of hydrogen-bond acceptors (Lipinski definition) is 4. The van der Waals surface area contributed by atoms with Gasteiger partial charge in [0.05, 0.1) is 4.92 Å². The zero-order valence-electron chi connectivity index (χ0n) is 10.5. The lowest BCUT2D eigenvalue weighted by atomic mass is 10.2. The van der Waals surface area contributed by atoms with Crippen LogP contribution in [-0.2, 0) is 4.79 Å². The lowest BCUT2D eigenvalue weighted by Crippen LogP contribution is -2.24. The molecule has 0 saturated heterocycles. The number of nitrogens with zero attached hydrogens (tertiary/aromatic N) is 1. The number of aryl methyl sites for hydroxylation is 1. The normalized spacial score (nSPS) is 9.89. The Morgan fingerprint density at radius 3 is 2.72 bits per heavy atom. The van der Waals surface area contributed by atoms with Crippen LogP contribution in [0.3, 0.4) is 0 Å². The predicted molar refractivity (Wildman–Crippen MR) is 69.6 cm³/mol. The van der Waals surface area contributed by atoms with E-state index in [1.807, 2.05) is 6.92 Å². The van der Waals surface area contributed by atoms with Crippen LogP contribution in [0.25, 0.3) is 0 Å². The first-order valence-corrected chi connectivity index (χ1v) is 5.80. The van der Waals surface area contributed by atoms with Crippen molar-refractivity contribution in [2.24, 2.45) is 0 Å². The van der Waals surface area contributed by atoms with E-state index in [1.165, 1.54) is 12.1 Å². The summed E-state index contributed by atoms with van der Waals surface area (Å²) in [6, 6.07) is 4.61. The molecule has 2 N–H and O–H groups in total. The van der Waals surface area contributed by atoms with E-state index in [9.17, 15) is 14.9 Å². The second-order valence-corrected chi connectivity index (χ2v) is 3.89. The molecule has 1 aromatic carbocycles. The minimum Gasteiger partial charge on any atom is -0.384 e. The Morgan fingerprint density at radius 2 is 2.17 bits per heavy atom. The highest BCUT2D eigenvalue weighted by atomic mass is 16.6. The summed E-state index contributed by atoms with van der Waals surface area (Å²) in [5.41, 5.74) is 1.67. The smallest absolute Gasteiger partial charge is 0.269 e. The van der Waals surface area contributed by atoms with Crippen LogP contribution in [0, 0.1) is 17.0 Å². The van der Waals surface area contributed by atoms with Gasteiger partial charge in [-0.1, -0.05) is 0 Å². The first kappa shape index (κ1) is 14.0. The van der Waals surface area contributed by atoms with Gasteiger partial charge in [-0.15, -0.1) is 0 Å². The Hall–Kier alpha value is -2.11. The zero-order valence-corrected chi connectivity index (χ0v) is 10.5. The van der Waals surface area contributed by atoms with Gasteiger partial charge in [-0.05, 0) is 25.5 Å². The molecule has 1 amide bonds. The molecule has 0 saturated carbocycles. The van der Waals surface area contributed by atoms with E-state index in [-0.39, 0.29) is 11.6 Å². The molecule has 0 aliphatic rings. The van der Waals surface area contributed by atoms with E-state index in [2.05, 4.69) is 10.6 Å². The molecule has 0 aliphatic carbocycles. The Balaban J connectivity index is 2.53. The maximum absolute atomic E-state index is 11.2. The van der Waals surface area contributed by atoms with Gasteiger partial charge in [-0.3, -0.25) is 14.9 Å². The van der Waals surface area contributed by atoms with Gasteiger partial charge in [-0.25, -0.2) is 0 Å². The van der Waals surface area contributed by atoms with E-state index in [0.717, 1.165) is 11.3 Å². The van der Waals surface area contributed by atoms with Gasteiger partial charge in [0, 0.05) is 37.3 Å². The average Bonchev–Trinajstić information content (AvgIpc) is 2.31. The van der Waals surface area contributed by atoms with Crippen molar-refractivity contribution in [3.05, 3.63) is 33.9 Å². The van der Waals surface area contributed by atoms with E-state index in [0.29, 0.717) is 19.5 Å². The molecular formula is C12H17N3O3. The Morgan fingerprint density at radius 1 is 1.44 bits per heavy atom. The lowest BCUT2D eigenvalue weighted by molar-refractivity contribution is -0.384. The van der Waals surface area contributed by atoms with Gasteiger partial charge in [0.1, 0.15) is 0 Å². The fourth-order valence-corrected chi connectivity index (χ4v) is 1.56. The second-order valence-electron chi connectivity index (χ2n) is 3.89. The van der Waals surface area contributed by atoms with Crippen molar-refractivity contribution in [3.63, 3.8) is 0 Å². The van der Waals surface area contributed by atoms with Gasteiger partial charge in [0.25, 0.3) is 5.69 Å². The number of rotatable bonds is 6. The number of hydrogen-bond donors (Lipinski definition) is 2. The largest absolute Gasteiger partial charge is 0.384 e. The molecule has 0 bridgehead atoms. The quantitative estimate of drug-likeness (QED) is 0.597. The van der Waals surface area contributed by atoms with Crippen LogP contribution in [0.5, 0.6) is 0 Å². The highest BCUT2D eigenvalue weighted by molar-refractivity contribution is 5.76. The number of carbonyl (C=O) groups is 1. The summed E-state index contributed by atoms with van der Waals surface area (Å²) in [5, 5.41) is 16.4. The van der Waals surface area contributed by atoms with Gasteiger partial charge >= 0.3 is 0 Å². The summed E-state index contributed by atoms with van der Waals surface area (Å²) in [6.45, 7) is 4.78. The van der Waals surface area contributed by atoms with Crippen molar-refractivity contribution in [2.75, 3.05) is 18.4 Å². The minimum atomic E-state index is -0.425. The monoisotopic (exact) mass is 251 g/mol. The topological polar surface area (TPSA) is 84.3 Å². The van der Waals surface area contributed by atoms with Crippen LogP contribution in [0.1, 0.15) is 18.9 Å². The summed E-state index contributed by atoms with van der Waals surface area (Å²) in [5.74, 6) is -0.00966. The van der Waals surface area contributed by atoms with Crippen LogP contribution in [-0.4, -0.2) is 23.9 Å².